The number of halogens is 5. The van der Waals surface area contributed by atoms with Gasteiger partial charge in [-0.25, -0.2) is 22.0 Å². The highest BCUT2D eigenvalue weighted by molar-refractivity contribution is 6.21. The summed E-state index contributed by atoms with van der Waals surface area (Å²) in [5.74, 6) is -9.20. The molecule has 0 aliphatic carbocycles. The molecule has 0 spiro atoms. The molecular weight excluding hydrogens is 435 g/mol. The van der Waals surface area contributed by atoms with Crippen LogP contribution in [0.2, 0.25) is 0 Å². The van der Waals surface area contributed by atoms with Gasteiger partial charge in [-0.2, -0.15) is 0 Å². The number of fused-ring (bicyclic) bond motifs is 2. The van der Waals surface area contributed by atoms with Crippen LogP contribution >= 0.6 is 0 Å². The summed E-state index contributed by atoms with van der Waals surface area (Å²) >= 11 is 0. The van der Waals surface area contributed by atoms with Gasteiger partial charge in [-0.1, -0.05) is 60.7 Å². The van der Waals surface area contributed by atoms with E-state index < -0.39 is 34.6 Å². The van der Waals surface area contributed by atoms with E-state index in [4.69, 9.17) is 4.74 Å². The van der Waals surface area contributed by atoms with Crippen LogP contribution in [-0.4, -0.2) is 7.11 Å². The monoisotopic (exact) mass is 450 g/mol. The van der Waals surface area contributed by atoms with Gasteiger partial charge in [0.05, 0.1) is 12.7 Å². The second kappa shape index (κ2) is 7.89. The minimum atomic E-state index is -2.18. The van der Waals surface area contributed by atoms with Crippen LogP contribution in [0.15, 0.2) is 72.8 Å². The molecule has 0 aliphatic rings. The van der Waals surface area contributed by atoms with Crippen LogP contribution in [0.4, 0.5) is 22.0 Å². The Balaban J connectivity index is 1.99. The Hall–Kier alpha value is -3.93. The highest BCUT2D eigenvalue weighted by Gasteiger charge is 2.29. The van der Waals surface area contributed by atoms with E-state index in [0.717, 1.165) is 11.1 Å². The molecule has 0 radical (unpaired) electrons. The van der Waals surface area contributed by atoms with E-state index in [1.807, 2.05) is 12.1 Å². The Bertz CT molecular complexity index is 1460. The molecule has 164 valence electrons. The third-order valence-corrected chi connectivity index (χ3v) is 5.77. The van der Waals surface area contributed by atoms with Crippen LogP contribution in [0.25, 0.3) is 43.8 Å². The first-order chi connectivity index (χ1) is 15.9. The Labute approximate surface area is 185 Å². The molecule has 5 aromatic carbocycles. The summed E-state index contributed by atoms with van der Waals surface area (Å²) in [6.45, 7) is 0. The topological polar surface area (TPSA) is 9.23 Å². The summed E-state index contributed by atoms with van der Waals surface area (Å²) in [4.78, 5) is 0. The van der Waals surface area contributed by atoms with Crippen LogP contribution in [-0.2, 0) is 0 Å². The maximum atomic E-state index is 14.9. The number of hydrogen-bond donors (Lipinski definition) is 0. The predicted octanol–water partition coefficient (Wildman–Crippen LogP) is 8.03. The predicted molar refractivity (Wildman–Crippen MR) is 119 cm³/mol. The summed E-state index contributed by atoms with van der Waals surface area (Å²) in [5, 5.41) is 1.95. The van der Waals surface area contributed by atoms with E-state index in [0.29, 0.717) is 27.3 Å². The Morgan fingerprint density at radius 2 is 0.848 bits per heavy atom. The normalized spacial score (nSPS) is 11.3. The maximum Gasteiger partial charge on any atom is 0.200 e. The van der Waals surface area contributed by atoms with Gasteiger partial charge in [0.1, 0.15) is 5.75 Å². The zero-order valence-electron chi connectivity index (χ0n) is 17.2. The van der Waals surface area contributed by atoms with Crippen molar-refractivity contribution in [2.45, 2.75) is 0 Å². The average Bonchev–Trinajstić information content (AvgIpc) is 2.86. The van der Waals surface area contributed by atoms with Gasteiger partial charge in [0.15, 0.2) is 23.3 Å². The summed E-state index contributed by atoms with van der Waals surface area (Å²) < 4.78 is 77.1. The van der Waals surface area contributed by atoms with Gasteiger partial charge < -0.3 is 4.74 Å². The van der Waals surface area contributed by atoms with Crippen molar-refractivity contribution in [1.29, 1.82) is 0 Å². The second-order valence-electron chi connectivity index (χ2n) is 7.51. The van der Waals surface area contributed by atoms with Crippen LogP contribution in [0.1, 0.15) is 0 Å². The quantitative estimate of drug-likeness (QED) is 0.117. The molecule has 5 aromatic rings. The van der Waals surface area contributed by atoms with Crippen molar-refractivity contribution in [3.05, 3.63) is 102 Å². The number of rotatable bonds is 3. The number of ether oxygens (including phenoxy) is 1. The van der Waals surface area contributed by atoms with Gasteiger partial charge in [-0.3, -0.25) is 0 Å². The van der Waals surface area contributed by atoms with Crippen molar-refractivity contribution in [1.82, 2.24) is 0 Å². The lowest BCUT2D eigenvalue weighted by Gasteiger charge is -2.19. The molecule has 0 aromatic heterocycles. The van der Waals surface area contributed by atoms with Gasteiger partial charge in [0.25, 0.3) is 0 Å². The van der Waals surface area contributed by atoms with Crippen molar-refractivity contribution in [3.8, 4) is 28.0 Å². The first-order valence-electron chi connectivity index (χ1n) is 10.0. The average molecular weight is 450 g/mol. The Morgan fingerprint density at radius 1 is 0.455 bits per heavy atom. The van der Waals surface area contributed by atoms with E-state index in [1.165, 1.54) is 0 Å². The minimum absolute atomic E-state index is 0.0498. The Morgan fingerprint density at radius 3 is 1.27 bits per heavy atom. The van der Waals surface area contributed by atoms with Gasteiger partial charge in [-0.15, -0.1) is 0 Å². The second-order valence-corrected chi connectivity index (χ2v) is 7.51. The highest BCUT2D eigenvalue weighted by Crippen LogP contribution is 2.45. The van der Waals surface area contributed by atoms with Gasteiger partial charge >= 0.3 is 0 Å². The SMILES string of the molecule is COc1ccc(-c2c3ccccc3c(-c3c(F)c(F)c(F)c(F)c3F)c3ccccc23)cc1. The summed E-state index contributed by atoms with van der Waals surface area (Å²) in [6, 6.07) is 20.9. The van der Waals surface area contributed by atoms with Gasteiger partial charge in [0, 0.05) is 5.56 Å². The van der Waals surface area contributed by atoms with E-state index in [-0.39, 0.29) is 5.56 Å². The van der Waals surface area contributed by atoms with E-state index in [9.17, 15) is 22.0 Å². The van der Waals surface area contributed by atoms with Crippen molar-refractivity contribution >= 4 is 21.5 Å². The third kappa shape index (κ3) is 3.13. The highest BCUT2D eigenvalue weighted by atomic mass is 19.2. The molecule has 0 atom stereocenters. The molecule has 0 fully saturated rings. The minimum Gasteiger partial charge on any atom is -0.497 e. The number of benzene rings is 5. The fraction of sp³-hybridized carbons (Fsp3) is 0.0370. The number of methoxy groups -OCH3 is 1. The van der Waals surface area contributed by atoms with Crippen molar-refractivity contribution in [2.75, 3.05) is 7.11 Å². The molecule has 0 aliphatic heterocycles. The largest absolute Gasteiger partial charge is 0.497 e. The first kappa shape index (κ1) is 20.9. The summed E-state index contributed by atoms with van der Waals surface area (Å²) in [6.07, 6.45) is 0. The zero-order valence-corrected chi connectivity index (χ0v) is 17.2. The molecular formula is C27H15F5O. The molecule has 0 saturated heterocycles. The molecule has 0 unspecified atom stereocenters. The summed E-state index contributed by atoms with van der Waals surface area (Å²) in [5.41, 5.74) is 0.593. The first-order valence-corrected chi connectivity index (χ1v) is 10.0. The van der Waals surface area contributed by atoms with Crippen LogP contribution in [0.5, 0.6) is 5.75 Å². The fourth-order valence-electron chi connectivity index (χ4n) is 4.29. The van der Waals surface area contributed by atoms with E-state index in [2.05, 4.69) is 0 Å². The lowest BCUT2D eigenvalue weighted by Crippen LogP contribution is -2.05. The third-order valence-electron chi connectivity index (χ3n) is 5.77. The molecule has 0 amide bonds. The van der Waals surface area contributed by atoms with Crippen LogP contribution in [0, 0.1) is 29.1 Å². The van der Waals surface area contributed by atoms with Gasteiger partial charge in [0.2, 0.25) is 5.82 Å². The fourth-order valence-corrected chi connectivity index (χ4v) is 4.29. The molecule has 0 N–H and O–H groups in total. The van der Waals surface area contributed by atoms with Crippen LogP contribution in [0.3, 0.4) is 0 Å². The lowest BCUT2D eigenvalue weighted by molar-refractivity contribution is 0.381. The number of hydrogen-bond acceptors (Lipinski definition) is 1. The van der Waals surface area contributed by atoms with E-state index >= 15 is 0 Å². The van der Waals surface area contributed by atoms with Crippen LogP contribution < -0.4 is 4.74 Å². The molecule has 5 rings (SSSR count). The lowest BCUT2D eigenvalue weighted by atomic mass is 9.85. The van der Waals surface area contributed by atoms with Crippen molar-refractivity contribution in [2.24, 2.45) is 0 Å². The smallest absolute Gasteiger partial charge is 0.200 e. The molecule has 6 heteroatoms. The van der Waals surface area contributed by atoms with Gasteiger partial charge in [-0.05, 0) is 44.8 Å². The van der Waals surface area contributed by atoms with Crippen molar-refractivity contribution < 1.29 is 26.7 Å². The maximum absolute atomic E-state index is 14.9. The van der Waals surface area contributed by atoms with E-state index in [1.54, 1.807) is 67.8 Å². The molecule has 33 heavy (non-hydrogen) atoms. The standard InChI is InChI=1S/C27H15F5O/c1-33-15-12-10-14(11-13-15)20-16-6-2-4-8-18(16)21(19-9-5-3-7-17(19)20)22-23(28)25(30)27(32)26(31)24(22)29/h2-13H,1H3. The molecule has 0 heterocycles. The Kier molecular flexibility index (Phi) is 5.01. The zero-order chi connectivity index (χ0) is 23.3. The summed E-state index contributed by atoms with van der Waals surface area (Å²) in [7, 11) is 1.55. The molecule has 1 nitrogen and oxygen atoms in total. The molecule has 0 saturated carbocycles. The molecule has 0 bridgehead atoms. The van der Waals surface area contributed by atoms with Crippen molar-refractivity contribution in [3.63, 3.8) is 0 Å².